The third-order valence-corrected chi connectivity index (χ3v) is 3.23. The fraction of sp³-hybridized carbons (Fsp3) is 0.400. The van der Waals surface area contributed by atoms with E-state index >= 15 is 0 Å². The Labute approximate surface area is 105 Å². The van der Waals surface area contributed by atoms with Crippen molar-refractivity contribution in [3.05, 3.63) is 24.3 Å². The average molecular weight is 278 g/mol. The molecule has 0 spiro atoms. The second-order valence-electron chi connectivity index (χ2n) is 3.24. The van der Waals surface area contributed by atoms with Crippen LogP contribution >= 0.6 is 0 Å². The van der Waals surface area contributed by atoms with Gasteiger partial charge in [0.2, 0.25) is 0 Å². The lowest BCUT2D eigenvalue weighted by Crippen LogP contribution is -2.28. The number of hydrogen-bond acceptors (Lipinski definition) is 5. The zero-order valence-corrected chi connectivity index (χ0v) is 10.5. The Balaban J connectivity index is 5.42. The van der Waals surface area contributed by atoms with E-state index < -0.39 is 32.9 Å². The first kappa shape index (κ1) is 16.3. The van der Waals surface area contributed by atoms with E-state index in [9.17, 15) is 18.0 Å². The molecule has 0 saturated carbocycles. The van der Waals surface area contributed by atoms with Crippen molar-refractivity contribution in [1.29, 1.82) is 0 Å². The molecule has 0 heterocycles. The van der Waals surface area contributed by atoms with E-state index in [1.807, 2.05) is 0 Å². The van der Waals surface area contributed by atoms with Gasteiger partial charge in [0, 0.05) is 6.08 Å². The summed E-state index contributed by atoms with van der Waals surface area (Å²) in [7, 11) is -4.59. The summed E-state index contributed by atoms with van der Waals surface area (Å²) in [6.07, 6.45) is 1.49. The molecule has 102 valence electrons. The molecule has 1 atom stereocenters. The van der Waals surface area contributed by atoms with Crippen LogP contribution in [0.4, 0.5) is 0 Å². The summed E-state index contributed by atoms with van der Waals surface area (Å²) in [4.78, 5) is 22.1. The number of aliphatic carboxylic acids is 1. The summed E-state index contributed by atoms with van der Waals surface area (Å²) in [5, 5.41) is 6.95. The highest BCUT2D eigenvalue weighted by atomic mass is 32.2. The Kier molecular flexibility index (Phi) is 6.28. The second-order valence-corrected chi connectivity index (χ2v) is 4.84. The van der Waals surface area contributed by atoms with Gasteiger partial charge in [-0.15, -0.1) is 0 Å². The quantitative estimate of drug-likeness (QED) is 0.299. The van der Waals surface area contributed by atoms with Crippen LogP contribution in [0.25, 0.3) is 0 Å². The number of rotatable bonds is 7. The third kappa shape index (κ3) is 5.11. The summed E-state index contributed by atoms with van der Waals surface area (Å²) < 4.78 is 35.6. The first-order chi connectivity index (χ1) is 8.23. The summed E-state index contributed by atoms with van der Waals surface area (Å²) in [6, 6.07) is 0. The minimum atomic E-state index is -4.59. The van der Waals surface area contributed by atoms with Crippen molar-refractivity contribution >= 4 is 22.1 Å². The molecular weight excluding hydrogens is 264 g/mol. The van der Waals surface area contributed by atoms with Crippen molar-refractivity contribution in [2.24, 2.45) is 0 Å². The van der Waals surface area contributed by atoms with Gasteiger partial charge in [0.15, 0.2) is 0 Å². The van der Waals surface area contributed by atoms with Crippen LogP contribution in [0.1, 0.15) is 13.3 Å². The fourth-order valence-corrected chi connectivity index (χ4v) is 2.13. The lowest BCUT2D eigenvalue weighted by atomic mass is 10.1. The molecule has 8 heteroatoms. The average Bonchev–Trinajstić information content (AvgIpc) is 2.23. The van der Waals surface area contributed by atoms with Gasteiger partial charge in [0.25, 0.3) is 10.1 Å². The van der Waals surface area contributed by atoms with E-state index in [0.29, 0.717) is 6.08 Å². The number of carboxylic acids is 1. The first-order valence-electron chi connectivity index (χ1n) is 4.92. The number of carbonyl (C=O) groups is 2. The van der Waals surface area contributed by atoms with Gasteiger partial charge in [0.1, 0.15) is 11.9 Å². The van der Waals surface area contributed by atoms with E-state index in [0.717, 1.165) is 0 Å². The van der Waals surface area contributed by atoms with Gasteiger partial charge in [0.05, 0.1) is 5.57 Å². The third-order valence-electron chi connectivity index (χ3n) is 1.92. The van der Waals surface area contributed by atoms with Crippen molar-refractivity contribution in [1.82, 2.24) is 0 Å². The Morgan fingerprint density at radius 2 is 2.00 bits per heavy atom. The number of ether oxygens (including phenoxy) is 1. The maximum Gasteiger partial charge on any atom is 0.336 e. The molecule has 0 radical (unpaired) electrons. The molecule has 0 aromatic rings. The predicted octanol–water partition coefficient (Wildman–Crippen LogP) is 0.393. The van der Waals surface area contributed by atoms with Crippen LogP contribution in [0.15, 0.2) is 24.3 Å². The lowest BCUT2D eigenvalue weighted by molar-refractivity contribution is -0.139. The van der Waals surface area contributed by atoms with Crippen LogP contribution < -0.4 is 0 Å². The summed E-state index contributed by atoms with van der Waals surface area (Å²) in [5.41, 5.74) is -0.630. The standard InChI is InChI=1S/C10H14O7S/c1-3-5-17-10(13)7(6-9(11)12)8(4-2)18(14,15)16/h3,6,8H,1,4-5H2,2H3,(H,11,12)(H,14,15,16). The van der Waals surface area contributed by atoms with E-state index in [4.69, 9.17) is 9.66 Å². The summed E-state index contributed by atoms with van der Waals surface area (Å²) in [6.45, 7) is 4.47. The fourth-order valence-electron chi connectivity index (χ4n) is 1.23. The molecule has 0 aliphatic heterocycles. The predicted molar refractivity (Wildman–Crippen MR) is 62.5 cm³/mol. The highest BCUT2D eigenvalue weighted by Crippen LogP contribution is 2.17. The zero-order valence-electron chi connectivity index (χ0n) is 9.70. The highest BCUT2D eigenvalue weighted by molar-refractivity contribution is 7.86. The minimum Gasteiger partial charge on any atom is -0.478 e. The number of hydrogen-bond donors (Lipinski definition) is 2. The van der Waals surface area contributed by atoms with Crippen molar-refractivity contribution in [3.63, 3.8) is 0 Å². The second kappa shape index (κ2) is 6.92. The lowest BCUT2D eigenvalue weighted by Gasteiger charge is -2.14. The van der Waals surface area contributed by atoms with E-state index in [2.05, 4.69) is 11.3 Å². The molecule has 0 aliphatic rings. The van der Waals surface area contributed by atoms with Crippen molar-refractivity contribution in [2.75, 3.05) is 6.61 Å². The molecule has 1 unspecified atom stereocenters. The molecule has 18 heavy (non-hydrogen) atoms. The van der Waals surface area contributed by atoms with Gasteiger partial charge in [-0.3, -0.25) is 4.55 Å². The molecule has 0 fully saturated rings. The largest absolute Gasteiger partial charge is 0.478 e. The monoisotopic (exact) mass is 278 g/mol. The molecule has 7 nitrogen and oxygen atoms in total. The van der Waals surface area contributed by atoms with Crippen LogP contribution in [0, 0.1) is 0 Å². The minimum absolute atomic E-state index is 0.166. The van der Waals surface area contributed by atoms with Gasteiger partial charge < -0.3 is 9.84 Å². The highest BCUT2D eigenvalue weighted by Gasteiger charge is 2.31. The topological polar surface area (TPSA) is 118 Å². The van der Waals surface area contributed by atoms with E-state index in [-0.39, 0.29) is 13.0 Å². The molecular formula is C10H14O7S. The van der Waals surface area contributed by atoms with Crippen LogP contribution in [0.5, 0.6) is 0 Å². The Morgan fingerprint density at radius 3 is 2.33 bits per heavy atom. The van der Waals surface area contributed by atoms with Crippen molar-refractivity contribution in [2.45, 2.75) is 18.6 Å². The van der Waals surface area contributed by atoms with Gasteiger partial charge in [-0.25, -0.2) is 9.59 Å². The van der Waals surface area contributed by atoms with E-state index in [1.165, 1.54) is 13.0 Å². The Hall–Kier alpha value is -1.67. The number of carbonyl (C=O) groups excluding carboxylic acids is 1. The van der Waals surface area contributed by atoms with Gasteiger partial charge in [-0.1, -0.05) is 19.6 Å². The Bertz CT molecular complexity index is 461. The molecule has 0 bridgehead atoms. The molecule has 0 aliphatic carbocycles. The maximum atomic E-state index is 11.5. The Morgan fingerprint density at radius 1 is 1.44 bits per heavy atom. The first-order valence-corrected chi connectivity index (χ1v) is 6.43. The van der Waals surface area contributed by atoms with Gasteiger partial charge >= 0.3 is 11.9 Å². The van der Waals surface area contributed by atoms with Crippen LogP contribution in [0.2, 0.25) is 0 Å². The SMILES string of the molecule is C=CCOC(=O)C(=CC(=O)O)C(CC)S(=O)(=O)O. The smallest absolute Gasteiger partial charge is 0.336 e. The maximum absolute atomic E-state index is 11.5. The molecule has 0 aromatic carbocycles. The van der Waals surface area contributed by atoms with Crippen molar-refractivity contribution in [3.8, 4) is 0 Å². The molecule has 2 N–H and O–H groups in total. The number of carboxylic acid groups (broad SMARTS) is 1. The van der Waals surface area contributed by atoms with Crippen LogP contribution in [-0.2, 0) is 24.4 Å². The molecule has 0 amide bonds. The molecule has 0 aromatic heterocycles. The molecule has 0 saturated heterocycles. The van der Waals surface area contributed by atoms with Crippen molar-refractivity contribution < 1.29 is 32.4 Å². The van der Waals surface area contributed by atoms with Crippen LogP contribution in [-0.4, -0.2) is 41.9 Å². The normalized spacial score (nSPS) is 13.8. The van der Waals surface area contributed by atoms with Gasteiger partial charge in [-0.2, -0.15) is 8.42 Å². The number of esters is 1. The van der Waals surface area contributed by atoms with Crippen LogP contribution in [0.3, 0.4) is 0 Å². The summed E-state index contributed by atoms with van der Waals surface area (Å²) >= 11 is 0. The zero-order chi connectivity index (χ0) is 14.3. The molecule has 0 rings (SSSR count). The summed E-state index contributed by atoms with van der Waals surface area (Å²) in [5.74, 6) is -2.63. The van der Waals surface area contributed by atoms with E-state index in [1.54, 1.807) is 0 Å². The van der Waals surface area contributed by atoms with Gasteiger partial charge in [-0.05, 0) is 6.42 Å².